The number of amides is 2. The summed E-state index contributed by atoms with van der Waals surface area (Å²) in [5.41, 5.74) is 0.842. The first-order chi connectivity index (χ1) is 10.1. The molecule has 0 unspecified atom stereocenters. The Labute approximate surface area is 134 Å². The molecule has 0 aromatic heterocycles. The SMILES string of the molecule is C#CCCNC(=O)N[C@@H]1CCCOc2c1ccc(Cl)c2Cl. The van der Waals surface area contributed by atoms with Crippen LogP contribution in [0.4, 0.5) is 4.79 Å². The first-order valence-electron chi connectivity index (χ1n) is 6.72. The number of carbonyl (C=O) groups is 1. The van der Waals surface area contributed by atoms with Crippen molar-refractivity contribution >= 4 is 29.2 Å². The lowest BCUT2D eigenvalue weighted by Gasteiger charge is -2.19. The Morgan fingerprint density at radius 3 is 3.05 bits per heavy atom. The number of ether oxygens (including phenoxy) is 1. The molecule has 6 heteroatoms. The number of urea groups is 1. The smallest absolute Gasteiger partial charge is 0.315 e. The average molecular weight is 327 g/mol. The van der Waals surface area contributed by atoms with Crippen molar-refractivity contribution in [1.82, 2.24) is 10.6 Å². The van der Waals surface area contributed by atoms with E-state index in [4.69, 9.17) is 34.4 Å². The predicted molar refractivity (Wildman–Crippen MR) is 83.9 cm³/mol. The fraction of sp³-hybridized carbons (Fsp3) is 0.400. The summed E-state index contributed by atoms with van der Waals surface area (Å²) in [7, 11) is 0. The van der Waals surface area contributed by atoms with Crippen LogP contribution in [-0.4, -0.2) is 19.2 Å². The summed E-state index contributed by atoms with van der Waals surface area (Å²) < 4.78 is 5.66. The Hall–Kier alpha value is -1.57. The van der Waals surface area contributed by atoms with E-state index in [9.17, 15) is 4.79 Å². The molecule has 0 aliphatic carbocycles. The molecule has 1 heterocycles. The summed E-state index contributed by atoms with van der Waals surface area (Å²) in [6, 6.07) is 3.13. The Balaban J connectivity index is 2.13. The van der Waals surface area contributed by atoms with Gasteiger partial charge >= 0.3 is 6.03 Å². The third-order valence-electron chi connectivity index (χ3n) is 3.20. The van der Waals surface area contributed by atoms with Gasteiger partial charge in [0.1, 0.15) is 10.8 Å². The maximum atomic E-state index is 11.9. The number of nitrogens with one attached hydrogen (secondary N) is 2. The summed E-state index contributed by atoms with van der Waals surface area (Å²) >= 11 is 12.2. The zero-order chi connectivity index (χ0) is 15.2. The van der Waals surface area contributed by atoms with Gasteiger partial charge in [-0.3, -0.25) is 0 Å². The molecule has 112 valence electrons. The Kier molecular flexibility index (Phi) is 5.60. The van der Waals surface area contributed by atoms with Crippen molar-refractivity contribution in [1.29, 1.82) is 0 Å². The van der Waals surface area contributed by atoms with E-state index in [1.807, 2.05) is 6.07 Å². The van der Waals surface area contributed by atoms with Crippen LogP contribution >= 0.6 is 23.2 Å². The van der Waals surface area contributed by atoms with Crippen molar-refractivity contribution < 1.29 is 9.53 Å². The van der Waals surface area contributed by atoms with E-state index in [1.165, 1.54) is 0 Å². The van der Waals surface area contributed by atoms with Crippen molar-refractivity contribution in [2.45, 2.75) is 25.3 Å². The molecule has 0 bridgehead atoms. The molecule has 0 saturated heterocycles. The third-order valence-corrected chi connectivity index (χ3v) is 3.99. The molecule has 2 amide bonds. The van der Waals surface area contributed by atoms with Crippen molar-refractivity contribution in [2.24, 2.45) is 0 Å². The van der Waals surface area contributed by atoms with Crippen molar-refractivity contribution in [3.63, 3.8) is 0 Å². The number of carbonyl (C=O) groups excluding carboxylic acids is 1. The van der Waals surface area contributed by atoms with E-state index in [-0.39, 0.29) is 12.1 Å². The van der Waals surface area contributed by atoms with Gasteiger partial charge in [-0.05, 0) is 18.9 Å². The second-order valence-corrected chi connectivity index (χ2v) is 5.46. The topological polar surface area (TPSA) is 50.4 Å². The molecule has 0 radical (unpaired) electrons. The molecule has 21 heavy (non-hydrogen) atoms. The van der Waals surface area contributed by atoms with Crippen LogP contribution in [0.2, 0.25) is 10.0 Å². The van der Waals surface area contributed by atoms with Crippen LogP contribution in [0.5, 0.6) is 5.75 Å². The molecular weight excluding hydrogens is 311 g/mol. The molecule has 0 fully saturated rings. The summed E-state index contributed by atoms with van der Waals surface area (Å²) in [5, 5.41) is 6.46. The average Bonchev–Trinajstić information content (AvgIpc) is 2.66. The van der Waals surface area contributed by atoms with Gasteiger partial charge in [-0.15, -0.1) is 12.3 Å². The normalized spacial score (nSPS) is 16.9. The largest absolute Gasteiger partial charge is 0.492 e. The number of rotatable bonds is 3. The van der Waals surface area contributed by atoms with Gasteiger partial charge in [-0.2, -0.15) is 0 Å². The molecule has 2 rings (SSSR count). The van der Waals surface area contributed by atoms with Gasteiger partial charge in [-0.25, -0.2) is 4.79 Å². The number of terminal acetylenes is 1. The van der Waals surface area contributed by atoms with Gasteiger partial charge in [0.2, 0.25) is 0 Å². The molecule has 1 aliphatic rings. The number of fused-ring (bicyclic) bond motifs is 1. The third kappa shape index (κ3) is 3.96. The van der Waals surface area contributed by atoms with Crippen LogP contribution in [0.15, 0.2) is 12.1 Å². The summed E-state index contributed by atoms with van der Waals surface area (Å²) in [6.45, 7) is 0.990. The quantitative estimate of drug-likeness (QED) is 0.659. The van der Waals surface area contributed by atoms with Crippen LogP contribution in [0, 0.1) is 12.3 Å². The van der Waals surface area contributed by atoms with E-state index < -0.39 is 0 Å². The first kappa shape index (κ1) is 15.8. The van der Waals surface area contributed by atoms with Crippen molar-refractivity contribution in [3.05, 3.63) is 27.7 Å². The van der Waals surface area contributed by atoms with E-state index in [0.29, 0.717) is 35.4 Å². The highest BCUT2D eigenvalue weighted by molar-refractivity contribution is 6.43. The Morgan fingerprint density at radius 1 is 1.48 bits per heavy atom. The maximum absolute atomic E-state index is 11.9. The number of hydrogen-bond acceptors (Lipinski definition) is 2. The Bertz CT molecular complexity index is 570. The number of hydrogen-bond donors (Lipinski definition) is 2. The fourth-order valence-electron chi connectivity index (χ4n) is 2.19. The molecule has 4 nitrogen and oxygen atoms in total. The molecular formula is C15H16Cl2N2O2. The van der Waals surface area contributed by atoms with Gasteiger partial charge in [0, 0.05) is 18.5 Å². The van der Waals surface area contributed by atoms with Gasteiger partial charge in [0.25, 0.3) is 0 Å². The second kappa shape index (κ2) is 7.44. The zero-order valence-corrected chi connectivity index (χ0v) is 12.9. The first-order valence-corrected chi connectivity index (χ1v) is 7.47. The monoisotopic (exact) mass is 326 g/mol. The second-order valence-electron chi connectivity index (χ2n) is 4.68. The highest BCUT2D eigenvalue weighted by Gasteiger charge is 2.24. The Morgan fingerprint density at radius 2 is 2.29 bits per heavy atom. The van der Waals surface area contributed by atoms with Crippen LogP contribution in [-0.2, 0) is 0 Å². The van der Waals surface area contributed by atoms with Crippen LogP contribution < -0.4 is 15.4 Å². The van der Waals surface area contributed by atoms with Gasteiger partial charge < -0.3 is 15.4 Å². The lowest BCUT2D eigenvalue weighted by Crippen LogP contribution is -2.38. The van der Waals surface area contributed by atoms with Gasteiger partial charge in [0.05, 0.1) is 17.7 Å². The summed E-state index contributed by atoms with van der Waals surface area (Å²) in [6.07, 6.45) is 7.24. The van der Waals surface area contributed by atoms with Crippen molar-refractivity contribution in [2.75, 3.05) is 13.2 Å². The van der Waals surface area contributed by atoms with Crippen LogP contribution in [0.1, 0.15) is 30.9 Å². The van der Waals surface area contributed by atoms with E-state index >= 15 is 0 Å². The molecule has 1 aliphatic heterocycles. The van der Waals surface area contributed by atoms with Gasteiger partial charge in [-0.1, -0.05) is 29.3 Å². The number of benzene rings is 1. The fourth-order valence-corrected chi connectivity index (χ4v) is 2.57. The molecule has 1 aromatic carbocycles. The van der Waals surface area contributed by atoms with Gasteiger partial charge in [0.15, 0.2) is 0 Å². The predicted octanol–water partition coefficient (Wildman–Crippen LogP) is 3.53. The van der Waals surface area contributed by atoms with E-state index in [1.54, 1.807) is 6.07 Å². The van der Waals surface area contributed by atoms with Crippen molar-refractivity contribution in [3.8, 4) is 18.1 Å². The van der Waals surface area contributed by atoms with E-state index in [2.05, 4.69) is 16.6 Å². The minimum Gasteiger partial charge on any atom is -0.492 e. The minimum absolute atomic E-state index is 0.164. The molecule has 1 atom stereocenters. The summed E-state index contributed by atoms with van der Waals surface area (Å²) in [4.78, 5) is 11.9. The highest BCUT2D eigenvalue weighted by atomic mass is 35.5. The van der Waals surface area contributed by atoms with Crippen LogP contribution in [0.25, 0.3) is 0 Å². The zero-order valence-electron chi connectivity index (χ0n) is 11.4. The minimum atomic E-state index is -0.255. The maximum Gasteiger partial charge on any atom is 0.315 e. The van der Waals surface area contributed by atoms with E-state index in [0.717, 1.165) is 18.4 Å². The standard InChI is InChI=1S/C15H16Cl2N2O2/c1-2-3-8-18-15(20)19-12-5-4-9-21-14-10(12)6-7-11(16)13(14)17/h1,6-7,12H,3-5,8-9H2,(H2,18,19,20)/t12-/m1/s1. The lowest BCUT2D eigenvalue weighted by atomic mass is 10.0. The molecule has 0 saturated carbocycles. The van der Waals surface area contributed by atoms with Crippen LogP contribution in [0.3, 0.4) is 0 Å². The molecule has 0 spiro atoms. The molecule has 1 aromatic rings. The highest BCUT2D eigenvalue weighted by Crippen LogP contribution is 2.40. The lowest BCUT2D eigenvalue weighted by molar-refractivity contribution is 0.236. The molecule has 2 N–H and O–H groups in total. The summed E-state index contributed by atoms with van der Waals surface area (Å²) in [5.74, 6) is 3.02. The number of halogens is 2.